The zero-order chi connectivity index (χ0) is 16.8. The SMILES string of the molecule is O=C1NN(c2ccccc2)C(c2ccc3c(c2)OCO3)N2CCC[C@@H]12. The summed E-state index contributed by atoms with van der Waals surface area (Å²) >= 11 is 0. The molecule has 2 saturated heterocycles. The molecular weight excluding hydrogens is 318 g/mol. The first-order valence-corrected chi connectivity index (χ1v) is 8.61. The van der Waals surface area contributed by atoms with Crippen molar-refractivity contribution in [1.29, 1.82) is 0 Å². The summed E-state index contributed by atoms with van der Waals surface area (Å²) < 4.78 is 11.0. The second-order valence-electron chi connectivity index (χ2n) is 6.56. The monoisotopic (exact) mass is 337 g/mol. The first-order valence-electron chi connectivity index (χ1n) is 8.61. The molecule has 0 saturated carbocycles. The van der Waals surface area contributed by atoms with Gasteiger partial charge < -0.3 is 9.47 Å². The maximum atomic E-state index is 12.6. The Labute approximate surface area is 145 Å². The van der Waals surface area contributed by atoms with Gasteiger partial charge in [-0.2, -0.15) is 0 Å². The Morgan fingerprint density at radius 3 is 2.76 bits per heavy atom. The van der Waals surface area contributed by atoms with Crippen LogP contribution in [0.1, 0.15) is 24.6 Å². The third-order valence-corrected chi connectivity index (χ3v) is 5.12. The predicted molar refractivity (Wildman–Crippen MR) is 92.1 cm³/mol. The second-order valence-corrected chi connectivity index (χ2v) is 6.56. The number of carbonyl (C=O) groups excluding carboxylic acids is 1. The fourth-order valence-corrected chi connectivity index (χ4v) is 3.97. The van der Waals surface area contributed by atoms with E-state index in [4.69, 9.17) is 9.47 Å². The van der Waals surface area contributed by atoms with Crippen LogP contribution in [0.2, 0.25) is 0 Å². The summed E-state index contributed by atoms with van der Waals surface area (Å²) in [6.45, 7) is 1.16. The molecule has 1 unspecified atom stereocenters. The van der Waals surface area contributed by atoms with Gasteiger partial charge in [-0.1, -0.05) is 24.3 Å². The first kappa shape index (κ1) is 14.6. The highest BCUT2D eigenvalue weighted by atomic mass is 16.7. The van der Waals surface area contributed by atoms with E-state index in [0.717, 1.165) is 42.1 Å². The number of nitrogens with one attached hydrogen (secondary N) is 1. The van der Waals surface area contributed by atoms with Crippen LogP contribution >= 0.6 is 0 Å². The number of para-hydroxylation sites is 1. The molecule has 2 aromatic rings. The summed E-state index contributed by atoms with van der Waals surface area (Å²) in [5, 5.41) is 1.96. The highest BCUT2D eigenvalue weighted by Crippen LogP contribution is 2.41. The predicted octanol–water partition coefficient (Wildman–Crippen LogP) is 2.43. The van der Waals surface area contributed by atoms with Gasteiger partial charge in [-0.05, 0) is 42.7 Å². The maximum absolute atomic E-state index is 12.6. The van der Waals surface area contributed by atoms with Crippen molar-refractivity contribution < 1.29 is 14.3 Å². The summed E-state index contributed by atoms with van der Waals surface area (Å²) in [7, 11) is 0. The van der Waals surface area contributed by atoms with E-state index in [9.17, 15) is 4.79 Å². The highest BCUT2D eigenvalue weighted by molar-refractivity contribution is 5.85. The number of amides is 1. The molecule has 25 heavy (non-hydrogen) atoms. The van der Waals surface area contributed by atoms with Gasteiger partial charge in [0.2, 0.25) is 6.79 Å². The average Bonchev–Trinajstić information content (AvgIpc) is 3.31. The van der Waals surface area contributed by atoms with E-state index < -0.39 is 0 Å². The topological polar surface area (TPSA) is 54.0 Å². The Bertz CT molecular complexity index is 811. The Morgan fingerprint density at radius 1 is 1.04 bits per heavy atom. The first-order chi connectivity index (χ1) is 12.3. The molecule has 0 spiro atoms. The summed E-state index contributed by atoms with van der Waals surface area (Å²) in [6, 6.07) is 15.9. The quantitative estimate of drug-likeness (QED) is 0.912. The van der Waals surface area contributed by atoms with Crippen LogP contribution in [0.25, 0.3) is 0 Å². The molecular formula is C19H19N3O3. The van der Waals surface area contributed by atoms with E-state index in [1.165, 1.54) is 0 Å². The number of benzene rings is 2. The van der Waals surface area contributed by atoms with Crippen LogP contribution in [-0.2, 0) is 4.79 Å². The van der Waals surface area contributed by atoms with Crippen molar-refractivity contribution >= 4 is 11.6 Å². The Hall–Kier alpha value is -2.73. The molecule has 0 bridgehead atoms. The molecule has 2 atom stereocenters. The number of nitrogens with zero attached hydrogens (tertiary/aromatic N) is 2. The molecule has 3 heterocycles. The lowest BCUT2D eigenvalue weighted by Gasteiger charge is -2.46. The van der Waals surface area contributed by atoms with Crippen LogP contribution < -0.4 is 19.9 Å². The van der Waals surface area contributed by atoms with Crippen molar-refractivity contribution in [2.45, 2.75) is 25.0 Å². The number of carbonyl (C=O) groups is 1. The normalized spacial score (nSPS) is 25.0. The fourth-order valence-electron chi connectivity index (χ4n) is 3.97. The third-order valence-electron chi connectivity index (χ3n) is 5.12. The van der Waals surface area contributed by atoms with E-state index in [1.807, 2.05) is 47.5 Å². The minimum atomic E-state index is -0.0737. The zero-order valence-corrected chi connectivity index (χ0v) is 13.7. The van der Waals surface area contributed by atoms with Crippen molar-refractivity contribution in [2.75, 3.05) is 18.3 Å². The van der Waals surface area contributed by atoms with Crippen molar-refractivity contribution in [3.05, 3.63) is 54.1 Å². The molecule has 2 fully saturated rings. The van der Waals surface area contributed by atoms with Gasteiger partial charge in [0.15, 0.2) is 11.5 Å². The van der Waals surface area contributed by atoms with Crippen LogP contribution in [0.4, 0.5) is 5.69 Å². The van der Waals surface area contributed by atoms with E-state index >= 15 is 0 Å². The van der Waals surface area contributed by atoms with Crippen molar-refractivity contribution in [3.63, 3.8) is 0 Å². The van der Waals surface area contributed by atoms with Crippen LogP contribution in [0.3, 0.4) is 0 Å². The van der Waals surface area contributed by atoms with E-state index in [0.29, 0.717) is 0 Å². The van der Waals surface area contributed by atoms with E-state index in [-0.39, 0.29) is 24.9 Å². The Balaban J connectivity index is 1.60. The van der Waals surface area contributed by atoms with Gasteiger partial charge in [0.05, 0.1) is 11.7 Å². The minimum Gasteiger partial charge on any atom is -0.454 e. The molecule has 3 aliphatic rings. The van der Waals surface area contributed by atoms with Gasteiger partial charge in [-0.25, -0.2) is 0 Å². The molecule has 6 nitrogen and oxygen atoms in total. The summed E-state index contributed by atoms with van der Waals surface area (Å²) in [6.07, 6.45) is 1.86. The smallest absolute Gasteiger partial charge is 0.255 e. The van der Waals surface area contributed by atoms with Crippen LogP contribution in [0.15, 0.2) is 48.5 Å². The van der Waals surface area contributed by atoms with E-state index in [1.54, 1.807) is 0 Å². The zero-order valence-electron chi connectivity index (χ0n) is 13.7. The van der Waals surface area contributed by atoms with Gasteiger partial charge in [0.1, 0.15) is 6.17 Å². The number of rotatable bonds is 2. The van der Waals surface area contributed by atoms with Crippen LogP contribution in [0.5, 0.6) is 11.5 Å². The lowest BCUT2D eigenvalue weighted by Crippen LogP contribution is -2.62. The number of fused-ring (bicyclic) bond motifs is 2. The number of ether oxygens (including phenoxy) is 2. The van der Waals surface area contributed by atoms with Gasteiger partial charge in [0, 0.05) is 6.54 Å². The number of anilines is 1. The molecule has 2 aromatic carbocycles. The summed E-state index contributed by atoms with van der Waals surface area (Å²) in [5.74, 6) is 1.60. The molecule has 1 amide bonds. The molecule has 0 aromatic heterocycles. The molecule has 0 aliphatic carbocycles. The summed E-state index contributed by atoms with van der Waals surface area (Å²) in [4.78, 5) is 14.9. The lowest BCUT2D eigenvalue weighted by atomic mass is 10.1. The number of hydrogen-bond acceptors (Lipinski definition) is 5. The fraction of sp³-hybridized carbons (Fsp3) is 0.316. The van der Waals surface area contributed by atoms with Gasteiger partial charge in [-0.3, -0.25) is 20.1 Å². The molecule has 3 aliphatic heterocycles. The minimum absolute atomic E-state index is 0.0675. The van der Waals surface area contributed by atoms with Crippen LogP contribution in [0, 0.1) is 0 Å². The van der Waals surface area contributed by atoms with Crippen molar-refractivity contribution in [1.82, 2.24) is 10.3 Å². The number of hydrazine groups is 1. The van der Waals surface area contributed by atoms with Crippen molar-refractivity contribution in [2.24, 2.45) is 0 Å². The second kappa shape index (κ2) is 5.67. The van der Waals surface area contributed by atoms with Gasteiger partial charge in [0.25, 0.3) is 5.91 Å². The molecule has 6 heteroatoms. The van der Waals surface area contributed by atoms with E-state index in [2.05, 4.69) is 16.4 Å². The largest absolute Gasteiger partial charge is 0.454 e. The van der Waals surface area contributed by atoms with Gasteiger partial charge in [-0.15, -0.1) is 0 Å². The Kier molecular flexibility index (Phi) is 3.31. The highest BCUT2D eigenvalue weighted by Gasteiger charge is 2.44. The maximum Gasteiger partial charge on any atom is 0.255 e. The summed E-state index contributed by atoms with van der Waals surface area (Å²) in [5.41, 5.74) is 5.15. The standard InChI is InChI=1S/C19H19N3O3/c23-18-15-7-4-10-21(15)19(22(20-18)14-5-2-1-3-6-14)13-8-9-16-17(11-13)25-12-24-16/h1-3,5-6,8-9,11,15,19H,4,7,10,12H2,(H,20,23)/t15-,19?/m0/s1. The lowest BCUT2D eigenvalue weighted by molar-refractivity contribution is -0.130. The van der Waals surface area contributed by atoms with Crippen molar-refractivity contribution in [3.8, 4) is 11.5 Å². The van der Waals surface area contributed by atoms with Crippen LogP contribution in [-0.4, -0.2) is 30.2 Å². The average molecular weight is 337 g/mol. The van der Waals surface area contributed by atoms with Gasteiger partial charge >= 0.3 is 0 Å². The molecule has 128 valence electrons. The third kappa shape index (κ3) is 2.33. The number of hydrogen-bond donors (Lipinski definition) is 1. The molecule has 5 rings (SSSR count). The molecule has 1 N–H and O–H groups in total. The molecule has 0 radical (unpaired) electrons. The Morgan fingerprint density at radius 2 is 1.88 bits per heavy atom.